The van der Waals surface area contributed by atoms with E-state index in [4.69, 9.17) is 11.6 Å². The molecule has 1 aliphatic heterocycles. The average molecular weight is 381 g/mol. The van der Waals surface area contributed by atoms with Gasteiger partial charge in [0.15, 0.2) is 0 Å². The van der Waals surface area contributed by atoms with E-state index >= 15 is 0 Å². The predicted octanol–water partition coefficient (Wildman–Crippen LogP) is 2.81. The molecule has 2 atom stereocenters. The molecule has 134 valence electrons. The molecule has 0 aliphatic carbocycles. The van der Waals surface area contributed by atoms with Gasteiger partial charge in [0.1, 0.15) is 0 Å². The Morgan fingerprint density at radius 3 is 2.64 bits per heavy atom. The van der Waals surface area contributed by atoms with E-state index in [9.17, 15) is 9.90 Å². The van der Waals surface area contributed by atoms with E-state index < -0.39 is 6.10 Å². The lowest BCUT2D eigenvalue weighted by molar-refractivity contribution is 0.0764. The summed E-state index contributed by atoms with van der Waals surface area (Å²) in [5.41, 5.74) is 2.71. The van der Waals surface area contributed by atoms with Crippen molar-refractivity contribution in [2.24, 2.45) is 0 Å². The molecule has 0 spiro atoms. The first-order chi connectivity index (χ1) is 11.6. The second kappa shape index (κ2) is 9.20. The van der Waals surface area contributed by atoms with Crippen LogP contribution in [0.3, 0.4) is 0 Å². The molecular weight excluding hydrogens is 359 g/mol. The molecule has 0 saturated carbocycles. The highest BCUT2D eigenvalue weighted by atomic mass is 35.5. The summed E-state index contributed by atoms with van der Waals surface area (Å²) in [5, 5.41) is 16.8. The summed E-state index contributed by atoms with van der Waals surface area (Å²) < 4.78 is 0. The van der Waals surface area contributed by atoms with Gasteiger partial charge in [-0.3, -0.25) is 4.79 Å². The summed E-state index contributed by atoms with van der Waals surface area (Å²) >= 11 is 5.93. The number of benzene rings is 2. The zero-order valence-corrected chi connectivity index (χ0v) is 15.3. The van der Waals surface area contributed by atoms with E-state index in [2.05, 4.69) is 10.6 Å². The largest absolute Gasteiger partial charge is 0.390 e. The number of β-amino-alcohol motifs (C(OH)–C–C–N with tert-alkyl or cyclic N) is 1. The third-order valence-electron chi connectivity index (χ3n) is 4.34. The Balaban J connectivity index is 0.00000225. The molecule has 1 heterocycles. The fourth-order valence-electron chi connectivity index (χ4n) is 2.97. The lowest BCUT2D eigenvalue weighted by Crippen LogP contribution is -2.52. The van der Waals surface area contributed by atoms with Crippen molar-refractivity contribution < 1.29 is 9.90 Å². The standard InChI is InChI=1S/C19H21ClN2O2.ClH/c20-15-7-5-13(6-8-15)11-14-3-1-2-4-16(14)19(24)22-17-9-10-21-12-18(17)23;/h1-8,17-18,21,23H,9-12H2,(H,22,24);1H/t17-,18-;/m1./s1. The zero-order chi connectivity index (χ0) is 16.9. The van der Waals surface area contributed by atoms with Crippen LogP contribution in [0.1, 0.15) is 27.9 Å². The van der Waals surface area contributed by atoms with Crippen molar-refractivity contribution in [3.8, 4) is 0 Å². The number of piperidine rings is 1. The monoisotopic (exact) mass is 380 g/mol. The summed E-state index contributed by atoms with van der Waals surface area (Å²) in [7, 11) is 0. The van der Waals surface area contributed by atoms with Gasteiger partial charge in [-0.05, 0) is 48.7 Å². The van der Waals surface area contributed by atoms with Crippen LogP contribution < -0.4 is 10.6 Å². The van der Waals surface area contributed by atoms with Gasteiger partial charge in [0.05, 0.1) is 12.1 Å². The number of rotatable bonds is 4. The number of hydrogen-bond acceptors (Lipinski definition) is 3. The number of carbonyl (C=O) groups is 1. The molecule has 0 aromatic heterocycles. The molecule has 0 bridgehead atoms. The van der Waals surface area contributed by atoms with Crippen LogP contribution in [-0.2, 0) is 6.42 Å². The molecule has 2 aromatic carbocycles. The number of aliphatic hydroxyl groups excluding tert-OH is 1. The van der Waals surface area contributed by atoms with E-state index in [0.717, 1.165) is 24.1 Å². The van der Waals surface area contributed by atoms with Crippen molar-refractivity contribution in [3.63, 3.8) is 0 Å². The summed E-state index contributed by atoms with van der Waals surface area (Å²) in [5.74, 6) is -0.134. The van der Waals surface area contributed by atoms with Crippen molar-refractivity contribution >= 4 is 29.9 Å². The molecule has 1 aliphatic rings. The first-order valence-electron chi connectivity index (χ1n) is 8.15. The second-order valence-corrected chi connectivity index (χ2v) is 6.54. The molecule has 3 N–H and O–H groups in total. The molecule has 0 radical (unpaired) electrons. The van der Waals surface area contributed by atoms with E-state index in [1.54, 1.807) is 0 Å². The van der Waals surface area contributed by atoms with Crippen molar-refractivity contribution in [2.45, 2.75) is 25.0 Å². The van der Waals surface area contributed by atoms with E-state index in [0.29, 0.717) is 23.6 Å². The van der Waals surface area contributed by atoms with Crippen molar-refractivity contribution in [1.29, 1.82) is 0 Å². The number of amides is 1. The Morgan fingerprint density at radius 1 is 1.20 bits per heavy atom. The maximum atomic E-state index is 12.7. The Kier molecular flexibility index (Phi) is 7.26. The van der Waals surface area contributed by atoms with E-state index in [1.807, 2.05) is 48.5 Å². The summed E-state index contributed by atoms with van der Waals surface area (Å²) in [6.45, 7) is 1.31. The number of aliphatic hydroxyl groups is 1. The number of carbonyl (C=O) groups excluding carboxylic acids is 1. The van der Waals surface area contributed by atoms with Gasteiger partial charge in [-0.1, -0.05) is 41.9 Å². The highest BCUT2D eigenvalue weighted by Gasteiger charge is 2.25. The molecule has 3 rings (SSSR count). The predicted molar refractivity (Wildman–Crippen MR) is 103 cm³/mol. The minimum atomic E-state index is -0.550. The smallest absolute Gasteiger partial charge is 0.251 e. The van der Waals surface area contributed by atoms with Gasteiger partial charge >= 0.3 is 0 Å². The first-order valence-corrected chi connectivity index (χ1v) is 8.53. The van der Waals surface area contributed by atoms with Gasteiger partial charge < -0.3 is 15.7 Å². The van der Waals surface area contributed by atoms with Gasteiger partial charge in [-0.15, -0.1) is 12.4 Å². The van der Waals surface area contributed by atoms with Crippen LogP contribution in [0.2, 0.25) is 5.02 Å². The van der Waals surface area contributed by atoms with Crippen LogP contribution in [0, 0.1) is 0 Å². The summed E-state index contributed by atoms with van der Waals surface area (Å²) in [4.78, 5) is 12.7. The SMILES string of the molecule is Cl.O=C(N[C@@H]1CCNC[C@H]1O)c1ccccc1Cc1ccc(Cl)cc1. The molecule has 1 amide bonds. The Labute approximate surface area is 159 Å². The Morgan fingerprint density at radius 2 is 1.92 bits per heavy atom. The normalized spacial score (nSPS) is 19.8. The molecule has 6 heteroatoms. The number of hydrogen-bond donors (Lipinski definition) is 3. The van der Waals surface area contributed by atoms with Gasteiger partial charge in [0, 0.05) is 17.1 Å². The minimum absolute atomic E-state index is 0. The van der Waals surface area contributed by atoms with Crippen LogP contribution >= 0.6 is 24.0 Å². The fraction of sp³-hybridized carbons (Fsp3) is 0.316. The highest BCUT2D eigenvalue weighted by molar-refractivity contribution is 6.30. The summed E-state index contributed by atoms with van der Waals surface area (Å²) in [6, 6.07) is 15.0. The third-order valence-corrected chi connectivity index (χ3v) is 4.59. The number of nitrogens with one attached hydrogen (secondary N) is 2. The third kappa shape index (κ3) is 5.19. The van der Waals surface area contributed by atoms with Crippen molar-refractivity contribution in [3.05, 3.63) is 70.2 Å². The van der Waals surface area contributed by atoms with Gasteiger partial charge in [0.25, 0.3) is 5.91 Å². The molecule has 4 nitrogen and oxygen atoms in total. The fourth-order valence-corrected chi connectivity index (χ4v) is 3.10. The first kappa shape index (κ1) is 19.7. The lowest BCUT2D eigenvalue weighted by Gasteiger charge is -2.29. The molecular formula is C19H22Cl2N2O2. The Hall–Kier alpha value is -1.59. The molecule has 2 aromatic rings. The van der Waals surface area contributed by atoms with Crippen molar-refractivity contribution in [2.75, 3.05) is 13.1 Å². The number of halogens is 2. The average Bonchev–Trinajstić information content (AvgIpc) is 2.59. The van der Waals surface area contributed by atoms with Gasteiger partial charge in [-0.25, -0.2) is 0 Å². The van der Waals surface area contributed by atoms with Crippen LogP contribution in [0.5, 0.6) is 0 Å². The second-order valence-electron chi connectivity index (χ2n) is 6.10. The van der Waals surface area contributed by atoms with Crippen LogP contribution in [0.25, 0.3) is 0 Å². The minimum Gasteiger partial charge on any atom is -0.390 e. The van der Waals surface area contributed by atoms with Crippen LogP contribution in [-0.4, -0.2) is 36.2 Å². The quantitative estimate of drug-likeness (QED) is 0.763. The zero-order valence-electron chi connectivity index (χ0n) is 13.7. The Bertz CT molecular complexity index is 707. The maximum absolute atomic E-state index is 12.7. The maximum Gasteiger partial charge on any atom is 0.251 e. The molecule has 25 heavy (non-hydrogen) atoms. The van der Waals surface area contributed by atoms with Crippen molar-refractivity contribution in [1.82, 2.24) is 10.6 Å². The molecule has 1 fully saturated rings. The lowest BCUT2D eigenvalue weighted by atomic mass is 9.98. The van der Waals surface area contributed by atoms with Gasteiger partial charge in [-0.2, -0.15) is 0 Å². The molecule has 1 saturated heterocycles. The van der Waals surface area contributed by atoms with Crippen LogP contribution in [0.15, 0.2) is 48.5 Å². The van der Waals surface area contributed by atoms with Crippen LogP contribution in [0.4, 0.5) is 0 Å². The van der Waals surface area contributed by atoms with E-state index in [1.165, 1.54) is 0 Å². The van der Waals surface area contributed by atoms with Gasteiger partial charge in [0.2, 0.25) is 0 Å². The summed E-state index contributed by atoms with van der Waals surface area (Å²) in [6.07, 6.45) is 0.841. The highest BCUT2D eigenvalue weighted by Crippen LogP contribution is 2.17. The topological polar surface area (TPSA) is 61.4 Å². The molecule has 0 unspecified atom stereocenters. The van der Waals surface area contributed by atoms with E-state index in [-0.39, 0.29) is 24.4 Å².